The molecule has 0 amide bonds. The largest absolute Gasteiger partial charge is 0.297 e. The Kier molecular flexibility index (Phi) is 6.22. The van der Waals surface area contributed by atoms with Gasteiger partial charge in [0.2, 0.25) is 0 Å². The Morgan fingerprint density at radius 3 is 2.24 bits per heavy atom. The Bertz CT molecular complexity index is 2550. The van der Waals surface area contributed by atoms with Crippen LogP contribution in [0.5, 0.6) is 0 Å². The normalized spacial score (nSPS) is 55.1. The van der Waals surface area contributed by atoms with Gasteiger partial charge in [0.15, 0.2) is 0 Å². The zero-order valence-corrected chi connectivity index (χ0v) is 37.7. The van der Waals surface area contributed by atoms with E-state index in [9.17, 15) is 0 Å². The van der Waals surface area contributed by atoms with Gasteiger partial charge in [-0.1, -0.05) is 142 Å². The first-order valence-electron chi connectivity index (χ1n) is 27.5. The molecule has 1 nitrogen and oxygen atoms in total. The van der Waals surface area contributed by atoms with Crippen molar-refractivity contribution in [3.8, 4) is 0 Å². The van der Waals surface area contributed by atoms with Crippen molar-refractivity contribution in [1.29, 1.82) is 0 Å². The van der Waals surface area contributed by atoms with Crippen LogP contribution < -0.4 is 0 Å². The molecule has 0 aromatic heterocycles. The van der Waals surface area contributed by atoms with Crippen molar-refractivity contribution >= 4 is 0 Å². The topological polar surface area (TPSA) is 3.24 Å². The molecule has 1 aromatic carbocycles. The van der Waals surface area contributed by atoms with Crippen LogP contribution in [0, 0.1) is 129 Å². The van der Waals surface area contributed by atoms with Crippen LogP contribution in [0.3, 0.4) is 0 Å². The Labute approximate surface area is 371 Å². The van der Waals surface area contributed by atoms with Gasteiger partial charge in [-0.05, 0) is 191 Å². The molecule has 0 N–H and O–H groups in total. The summed E-state index contributed by atoms with van der Waals surface area (Å²) in [5.74, 6) is 18.4. The lowest BCUT2D eigenvalue weighted by Crippen LogP contribution is -2.63. The third-order valence-electron chi connectivity index (χ3n) is 25.3. The van der Waals surface area contributed by atoms with Crippen molar-refractivity contribution in [3.63, 3.8) is 0 Å². The van der Waals surface area contributed by atoms with Gasteiger partial charge < -0.3 is 0 Å². The minimum Gasteiger partial charge on any atom is -0.297 e. The number of aryl methyl sites for hydroxylation is 1. The number of allylic oxidation sites excluding steroid dienone is 11. The van der Waals surface area contributed by atoms with Crippen LogP contribution in [-0.4, -0.2) is 18.5 Å². The number of fused-ring (bicyclic) bond motifs is 3. The molecule has 1 heterocycles. The zero-order chi connectivity index (χ0) is 39.9. The third-order valence-corrected chi connectivity index (χ3v) is 25.3. The van der Waals surface area contributed by atoms with Crippen LogP contribution in [0.15, 0.2) is 105 Å². The van der Waals surface area contributed by atoms with Gasteiger partial charge in [0.05, 0.1) is 0 Å². The summed E-state index contributed by atoms with van der Waals surface area (Å²) < 4.78 is 0. The van der Waals surface area contributed by atoms with E-state index in [0.29, 0.717) is 17.9 Å². The molecule has 23 atom stereocenters. The van der Waals surface area contributed by atoms with Crippen LogP contribution >= 0.6 is 0 Å². The van der Waals surface area contributed by atoms with E-state index in [1.807, 2.05) is 16.7 Å². The maximum absolute atomic E-state index is 3.06. The fourth-order valence-corrected chi connectivity index (χ4v) is 25.3. The van der Waals surface area contributed by atoms with Gasteiger partial charge >= 0.3 is 0 Å². The van der Waals surface area contributed by atoms with E-state index in [4.69, 9.17) is 0 Å². The highest BCUT2D eigenvalue weighted by atomic mass is 15.2. The van der Waals surface area contributed by atoms with Crippen molar-refractivity contribution < 1.29 is 0 Å². The lowest BCUT2D eigenvalue weighted by atomic mass is 9.36. The summed E-state index contributed by atoms with van der Waals surface area (Å²) in [5.41, 5.74) is 19.9. The number of nitrogens with zero attached hydrogens (tertiary/aromatic N) is 1. The molecule has 62 heavy (non-hydrogen) atoms. The number of benzene rings is 1. The van der Waals surface area contributed by atoms with Gasteiger partial charge in [0.1, 0.15) is 0 Å². The van der Waals surface area contributed by atoms with E-state index >= 15 is 0 Å². The Morgan fingerprint density at radius 1 is 0.613 bits per heavy atom. The molecule has 16 aliphatic carbocycles. The molecule has 0 radical (unpaired) electrons. The number of hydrogen-bond donors (Lipinski definition) is 0. The number of unbranched alkanes of at least 4 members (excludes halogenated alkanes) is 9. The van der Waals surface area contributed by atoms with E-state index in [0.717, 1.165) is 107 Å². The highest BCUT2D eigenvalue weighted by molar-refractivity contribution is 5.79. The minimum absolute atomic E-state index is 0.143. The van der Waals surface area contributed by atoms with Gasteiger partial charge in [-0.3, -0.25) is 4.90 Å². The Balaban J connectivity index is 0.851. The average Bonchev–Trinajstić information content (AvgIpc) is 4.14. The number of hydrogen-bond acceptors (Lipinski definition) is 1. The quantitative estimate of drug-likeness (QED) is 0.150. The molecule has 1 heteroatoms. The highest BCUT2D eigenvalue weighted by Crippen LogP contribution is 2.94. The highest BCUT2D eigenvalue weighted by Gasteiger charge is 2.89. The van der Waals surface area contributed by atoms with Crippen LogP contribution in [0.4, 0.5) is 0 Å². The van der Waals surface area contributed by atoms with E-state index in [2.05, 4.69) is 102 Å². The molecule has 2 spiro atoms. The molecular weight excluding hydrogens is 747 g/mol. The van der Waals surface area contributed by atoms with Crippen molar-refractivity contribution in [3.05, 3.63) is 116 Å². The van der Waals surface area contributed by atoms with Gasteiger partial charge in [-0.25, -0.2) is 0 Å². The predicted octanol–water partition coefficient (Wildman–Crippen LogP) is 13.1. The number of rotatable bonds is 12. The van der Waals surface area contributed by atoms with Crippen LogP contribution in [0.2, 0.25) is 0 Å². The van der Waals surface area contributed by atoms with Gasteiger partial charge in [-0.2, -0.15) is 0 Å². The summed E-state index contributed by atoms with van der Waals surface area (Å²) in [6, 6.07) is 10.7. The van der Waals surface area contributed by atoms with Gasteiger partial charge in [-0.15, -0.1) is 0 Å². The Hall–Kier alpha value is -2.64. The molecule has 10 fully saturated rings. The summed E-state index contributed by atoms with van der Waals surface area (Å²) in [6.45, 7) is 3.60. The SMILES string of the molecule is CCCCCCCCCCCCc1ccccc1C1N(C)CC23C4=C5C=CC6C7C5=C2C2C5=C7C7C6C=CC6C8CCC9C%10CCC%11=C(C=C4)C13C1C%11C%10C3C9C8C(C5C3C21)C67. The molecule has 1 saturated heterocycles. The first-order chi connectivity index (χ1) is 30.7. The lowest BCUT2D eigenvalue weighted by molar-refractivity contribution is -0.143. The molecule has 17 aliphatic rings. The maximum atomic E-state index is 3.06. The average molecular weight is 816 g/mol. The summed E-state index contributed by atoms with van der Waals surface area (Å²) >= 11 is 0. The third kappa shape index (κ3) is 3.23. The molecule has 18 rings (SSSR count). The number of likely N-dealkylation sites (tertiary alicyclic amines) is 1. The van der Waals surface area contributed by atoms with Crippen molar-refractivity contribution in [2.45, 2.75) is 109 Å². The summed E-state index contributed by atoms with van der Waals surface area (Å²) in [4.78, 5) is 3.06. The van der Waals surface area contributed by atoms with E-state index in [1.54, 1.807) is 29.5 Å². The van der Waals surface area contributed by atoms with Crippen molar-refractivity contribution in [1.82, 2.24) is 4.90 Å². The molecular formula is C61H69N. The summed E-state index contributed by atoms with van der Waals surface area (Å²) in [7, 11) is 2.66. The predicted molar refractivity (Wildman–Crippen MR) is 246 cm³/mol. The van der Waals surface area contributed by atoms with Crippen LogP contribution in [0.25, 0.3) is 0 Å². The molecule has 9 saturated carbocycles. The van der Waals surface area contributed by atoms with Crippen LogP contribution in [-0.2, 0) is 6.42 Å². The second kappa shape index (κ2) is 11.1. The van der Waals surface area contributed by atoms with Gasteiger partial charge in [0.25, 0.3) is 0 Å². The van der Waals surface area contributed by atoms with E-state index in [1.165, 1.54) is 90.0 Å². The minimum atomic E-state index is 0.143. The molecule has 23 unspecified atom stereocenters. The van der Waals surface area contributed by atoms with E-state index in [-0.39, 0.29) is 10.8 Å². The fourth-order valence-electron chi connectivity index (χ4n) is 25.3. The summed E-state index contributed by atoms with van der Waals surface area (Å²) in [5, 5.41) is 0. The fraction of sp³-hybridized carbons (Fsp3) is 0.672. The van der Waals surface area contributed by atoms with Gasteiger partial charge in [0, 0.05) is 35.3 Å². The standard InChI is InChI=1S/C61H69N/c1-3-4-5-6-7-8-9-10-11-12-15-29-16-13-14-17-30(29)59-61-40-27-26-39-37-24-22-35-33-20-18-31-32-19-21-34-36-23-25-38(40)48-46(36)51-44(34)42(32)49-41(31)43(33)50-45(35)47(37)57(60(39,61)28-62(59)2)55-53(50)52(49)54(51)56(55)58(48)61/h13-14,16-18,20,22,24,26-27,31-36,41-46,48-49,51-52,54-56,58-59H,3-12,15,19,21,23,25,28H2,1-2H3. The van der Waals surface area contributed by atoms with Crippen molar-refractivity contribution in [2.75, 3.05) is 13.6 Å². The second-order valence-electron chi connectivity index (χ2n) is 25.8. The lowest BCUT2D eigenvalue weighted by Gasteiger charge is -2.66. The zero-order valence-electron chi connectivity index (χ0n) is 37.7. The smallest absolute Gasteiger partial charge is 0.0460 e. The Morgan fingerprint density at radius 2 is 1.35 bits per heavy atom. The second-order valence-corrected chi connectivity index (χ2v) is 25.8. The first-order valence-corrected chi connectivity index (χ1v) is 27.5. The molecule has 1 aromatic rings. The molecule has 318 valence electrons. The monoisotopic (exact) mass is 816 g/mol. The maximum Gasteiger partial charge on any atom is 0.0460 e. The molecule has 0 bridgehead atoms. The first kappa shape index (κ1) is 34.7. The summed E-state index contributed by atoms with van der Waals surface area (Å²) in [6.07, 6.45) is 38.9. The van der Waals surface area contributed by atoms with Crippen LogP contribution in [0.1, 0.15) is 114 Å². The molecule has 1 aliphatic heterocycles. The van der Waals surface area contributed by atoms with E-state index < -0.39 is 0 Å². The van der Waals surface area contributed by atoms with Crippen molar-refractivity contribution in [2.24, 2.45) is 129 Å².